The number of likely N-dealkylation sites (tertiary alicyclic amines) is 1. The van der Waals surface area contributed by atoms with Gasteiger partial charge < -0.3 is 9.64 Å². The first kappa shape index (κ1) is 30.1. The average molecular weight is 606 g/mol. The van der Waals surface area contributed by atoms with Gasteiger partial charge in [-0.2, -0.15) is 10.2 Å². The highest BCUT2D eigenvalue weighted by Gasteiger charge is 2.35. The van der Waals surface area contributed by atoms with Crippen molar-refractivity contribution in [2.45, 2.75) is 52.2 Å². The van der Waals surface area contributed by atoms with E-state index in [1.807, 2.05) is 103 Å². The number of amides is 2. The number of benzene rings is 2. The van der Waals surface area contributed by atoms with E-state index in [2.05, 4.69) is 10.2 Å². The highest BCUT2D eigenvalue weighted by Crippen LogP contribution is 2.36. The van der Waals surface area contributed by atoms with Gasteiger partial charge in [0.25, 0.3) is 5.91 Å². The summed E-state index contributed by atoms with van der Waals surface area (Å²) in [5.74, 6) is 0.406. The smallest absolute Gasteiger partial charge is 0.410 e. The lowest BCUT2D eigenvalue weighted by molar-refractivity contribution is 0.0196. The Morgan fingerprint density at radius 3 is 2.33 bits per heavy atom. The van der Waals surface area contributed by atoms with Crippen LogP contribution >= 0.6 is 0 Å². The van der Waals surface area contributed by atoms with E-state index in [1.54, 1.807) is 31.6 Å². The van der Waals surface area contributed by atoms with E-state index in [4.69, 9.17) is 9.72 Å². The van der Waals surface area contributed by atoms with Crippen LogP contribution in [0.25, 0.3) is 33.0 Å². The Kier molecular flexibility index (Phi) is 7.90. The van der Waals surface area contributed by atoms with Crippen molar-refractivity contribution in [1.29, 1.82) is 0 Å². The molecule has 4 heterocycles. The zero-order valence-electron chi connectivity index (χ0n) is 26.7. The van der Waals surface area contributed by atoms with Crippen LogP contribution in [0.3, 0.4) is 0 Å². The number of hydrogen-bond donors (Lipinski definition) is 0. The van der Waals surface area contributed by atoms with Crippen LogP contribution < -0.4 is 4.90 Å². The molecule has 0 unspecified atom stereocenters. The maximum atomic E-state index is 14.9. The molecule has 0 N–H and O–H groups in total. The molecular weight excluding hydrogens is 566 g/mol. The van der Waals surface area contributed by atoms with Gasteiger partial charge in [0, 0.05) is 67.9 Å². The second-order valence-corrected chi connectivity index (χ2v) is 12.8. The number of carbonyl (C=O) groups excluding carboxylic acids is 2. The normalized spacial score (nSPS) is 15.3. The molecular formula is C35H39N7O3. The Balaban J connectivity index is 1.47. The third kappa shape index (κ3) is 6.18. The molecule has 0 bridgehead atoms. The topological polar surface area (TPSA) is 98.4 Å². The zero-order valence-corrected chi connectivity index (χ0v) is 26.7. The Hall–Kier alpha value is -4.99. The Bertz CT molecular complexity index is 1880. The first-order chi connectivity index (χ1) is 21.5. The second-order valence-electron chi connectivity index (χ2n) is 12.8. The lowest BCUT2D eigenvalue weighted by atomic mass is 9.94. The molecule has 2 amide bonds. The fourth-order valence-electron chi connectivity index (χ4n) is 6.09. The highest BCUT2D eigenvalue weighted by atomic mass is 16.6. The average Bonchev–Trinajstić information content (AvgIpc) is 3.64. The van der Waals surface area contributed by atoms with E-state index in [9.17, 15) is 9.59 Å². The Morgan fingerprint density at radius 2 is 1.67 bits per heavy atom. The Morgan fingerprint density at radius 1 is 0.956 bits per heavy atom. The van der Waals surface area contributed by atoms with Gasteiger partial charge in [-0.05, 0) is 80.8 Å². The first-order valence-electron chi connectivity index (χ1n) is 15.3. The standard InChI is InChI=1S/C35H39N7O3/c1-23-9-7-10-24-14-15-36-32(31(23)24)42(28-11-8-16-41(22-28)34(44)45-35(2,3)4)33(43)25-12-13-29(26-18-37-39(5)20-26)30(17-25)27-19-38-40(6)21-27/h7,9-10,12-15,17-21,28H,8,11,16,22H2,1-6H3/t28-/m1/s1. The number of anilines is 1. The monoisotopic (exact) mass is 605 g/mol. The molecule has 0 aliphatic carbocycles. The van der Waals surface area contributed by atoms with E-state index in [1.165, 1.54) is 0 Å². The number of nitrogens with zero attached hydrogens (tertiary/aromatic N) is 7. The van der Waals surface area contributed by atoms with Crippen molar-refractivity contribution in [3.8, 4) is 22.3 Å². The summed E-state index contributed by atoms with van der Waals surface area (Å²) in [5.41, 5.74) is 4.59. The summed E-state index contributed by atoms with van der Waals surface area (Å²) < 4.78 is 9.23. The Labute approximate surface area is 263 Å². The van der Waals surface area contributed by atoms with Crippen LogP contribution in [-0.2, 0) is 18.8 Å². The van der Waals surface area contributed by atoms with Gasteiger partial charge >= 0.3 is 6.09 Å². The summed E-state index contributed by atoms with van der Waals surface area (Å²) in [4.78, 5) is 36.4. The van der Waals surface area contributed by atoms with Crippen molar-refractivity contribution >= 4 is 28.6 Å². The van der Waals surface area contributed by atoms with Crippen LogP contribution in [0.5, 0.6) is 0 Å². The summed E-state index contributed by atoms with van der Waals surface area (Å²) >= 11 is 0. The third-order valence-corrected chi connectivity index (χ3v) is 8.14. The van der Waals surface area contributed by atoms with Crippen LogP contribution in [-0.4, -0.2) is 66.2 Å². The summed E-state index contributed by atoms with van der Waals surface area (Å²) in [6.07, 6.45) is 10.3. The number of hydrogen-bond acceptors (Lipinski definition) is 6. The molecule has 1 fully saturated rings. The molecule has 1 aliphatic rings. The molecule has 10 heteroatoms. The summed E-state index contributed by atoms with van der Waals surface area (Å²) in [7, 11) is 3.75. The summed E-state index contributed by atoms with van der Waals surface area (Å²) in [6.45, 7) is 8.53. The van der Waals surface area contributed by atoms with Crippen molar-refractivity contribution in [3.05, 3.63) is 84.6 Å². The molecule has 10 nitrogen and oxygen atoms in total. The molecule has 45 heavy (non-hydrogen) atoms. The van der Waals surface area contributed by atoms with Gasteiger partial charge in [0.15, 0.2) is 0 Å². The van der Waals surface area contributed by atoms with Gasteiger partial charge in [-0.3, -0.25) is 19.1 Å². The van der Waals surface area contributed by atoms with E-state index in [0.29, 0.717) is 24.5 Å². The largest absolute Gasteiger partial charge is 0.444 e. The van der Waals surface area contributed by atoms with Gasteiger partial charge in [-0.1, -0.05) is 24.3 Å². The predicted molar refractivity (Wildman–Crippen MR) is 175 cm³/mol. The molecule has 6 rings (SSSR count). The van der Waals surface area contributed by atoms with Gasteiger partial charge in [-0.15, -0.1) is 0 Å². The van der Waals surface area contributed by atoms with Crippen LogP contribution in [0, 0.1) is 6.92 Å². The lowest BCUT2D eigenvalue weighted by Gasteiger charge is -2.39. The van der Waals surface area contributed by atoms with Crippen molar-refractivity contribution in [1.82, 2.24) is 29.4 Å². The van der Waals surface area contributed by atoms with E-state index in [-0.39, 0.29) is 18.0 Å². The fraction of sp³-hybridized carbons (Fsp3) is 0.343. The van der Waals surface area contributed by atoms with Crippen molar-refractivity contribution in [3.63, 3.8) is 0 Å². The SMILES string of the molecule is Cc1cccc2ccnc(N(C(=O)c3ccc(-c4cnn(C)c4)c(-c4cnn(C)c4)c3)[C@@H]3CCCN(C(=O)OC(C)(C)C)C3)c12. The molecule has 0 saturated carbocycles. The zero-order chi connectivity index (χ0) is 31.9. The van der Waals surface area contributed by atoms with Crippen LogP contribution in [0.4, 0.5) is 10.6 Å². The number of piperidine rings is 1. The minimum atomic E-state index is -0.619. The van der Waals surface area contributed by atoms with Crippen molar-refractivity contribution in [2.24, 2.45) is 14.1 Å². The molecule has 1 aliphatic heterocycles. The fourth-order valence-corrected chi connectivity index (χ4v) is 6.09. The second kappa shape index (κ2) is 11.8. The van der Waals surface area contributed by atoms with Gasteiger partial charge in [0.1, 0.15) is 11.4 Å². The first-order valence-corrected chi connectivity index (χ1v) is 15.3. The molecule has 5 aromatic rings. The summed E-state index contributed by atoms with van der Waals surface area (Å²) in [5, 5.41) is 10.7. The molecule has 3 aromatic heterocycles. The van der Waals surface area contributed by atoms with Gasteiger partial charge in [0.05, 0.1) is 18.4 Å². The van der Waals surface area contributed by atoms with Crippen molar-refractivity contribution in [2.75, 3.05) is 18.0 Å². The third-order valence-electron chi connectivity index (χ3n) is 8.14. The van der Waals surface area contributed by atoms with Gasteiger partial charge in [0.2, 0.25) is 0 Å². The lowest BCUT2D eigenvalue weighted by Crippen LogP contribution is -2.53. The maximum Gasteiger partial charge on any atom is 0.410 e. The van der Waals surface area contributed by atoms with Crippen LogP contribution in [0.2, 0.25) is 0 Å². The quantitative estimate of drug-likeness (QED) is 0.230. The van der Waals surface area contributed by atoms with Gasteiger partial charge in [-0.25, -0.2) is 9.78 Å². The van der Waals surface area contributed by atoms with Crippen LogP contribution in [0.15, 0.2) is 73.4 Å². The molecule has 0 radical (unpaired) electrons. The number of rotatable bonds is 5. The number of fused-ring (bicyclic) bond motifs is 1. The number of pyridine rings is 1. The van der Waals surface area contributed by atoms with E-state index < -0.39 is 5.60 Å². The van der Waals surface area contributed by atoms with Crippen LogP contribution in [0.1, 0.15) is 49.5 Å². The summed E-state index contributed by atoms with van der Waals surface area (Å²) in [6, 6.07) is 13.5. The molecule has 1 atom stereocenters. The highest BCUT2D eigenvalue weighted by molar-refractivity contribution is 6.11. The number of carbonyl (C=O) groups is 2. The molecule has 232 valence electrons. The van der Waals surface area contributed by atoms with Crippen molar-refractivity contribution < 1.29 is 14.3 Å². The number of aryl methyl sites for hydroxylation is 3. The minimum Gasteiger partial charge on any atom is -0.444 e. The maximum absolute atomic E-state index is 14.9. The molecule has 1 saturated heterocycles. The minimum absolute atomic E-state index is 0.183. The number of ether oxygens (including phenoxy) is 1. The molecule has 2 aromatic carbocycles. The predicted octanol–water partition coefficient (Wildman–Crippen LogP) is 6.39. The van der Waals surface area contributed by atoms with E-state index >= 15 is 0 Å². The number of aromatic nitrogens is 5. The van der Waals surface area contributed by atoms with E-state index in [0.717, 1.165) is 51.4 Å². The molecule has 0 spiro atoms.